The predicted molar refractivity (Wildman–Crippen MR) is 91.7 cm³/mol. The average molecular weight is 336 g/mol. The zero-order valence-electron chi connectivity index (χ0n) is 14.0. The second kappa shape index (κ2) is 5.19. The van der Waals surface area contributed by atoms with Crippen molar-refractivity contribution in [3.8, 4) is 6.07 Å². The number of rotatable bonds is 2. The van der Waals surface area contributed by atoms with Gasteiger partial charge in [-0.3, -0.25) is 4.79 Å². The van der Waals surface area contributed by atoms with Gasteiger partial charge in [0.15, 0.2) is 0 Å². The Labute approximate surface area is 145 Å². The number of fused-ring (bicyclic) bond motifs is 1. The van der Waals surface area contributed by atoms with Gasteiger partial charge < -0.3 is 14.8 Å². The molecule has 7 heteroatoms. The topological polar surface area (TPSA) is 88.9 Å². The van der Waals surface area contributed by atoms with Crippen molar-refractivity contribution in [1.29, 1.82) is 5.26 Å². The number of carbonyl (C=O) groups is 1. The molecule has 1 saturated carbocycles. The highest BCUT2D eigenvalue weighted by Crippen LogP contribution is 2.57. The molecule has 3 aliphatic rings. The van der Waals surface area contributed by atoms with Crippen LogP contribution in [0.4, 0.5) is 5.82 Å². The van der Waals surface area contributed by atoms with Gasteiger partial charge in [-0.15, -0.1) is 0 Å². The van der Waals surface area contributed by atoms with Crippen LogP contribution in [0.15, 0.2) is 18.6 Å². The van der Waals surface area contributed by atoms with Crippen LogP contribution >= 0.6 is 0 Å². The molecule has 1 spiro atoms. The summed E-state index contributed by atoms with van der Waals surface area (Å²) in [5.74, 6) is 1.01. The number of hydrogen-bond donors (Lipinski definition) is 1. The average Bonchev–Trinajstić information content (AvgIpc) is 3.34. The van der Waals surface area contributed by atoms with E-state index in [0.29, 0.717) is 6.04 Å². The van der Waals surface area contributed by atoms with Crippen LogP contribution in [-0.4, -0.2) is 50.9 Å². The molecule has 2 aliphatic heterocycles. The van der Waals surface area contributed by atoms with Gasteiger partial charge in [-0.2, -0.15) is 5.26 Å². The second-order valence-corrected chi connectivity index (χ2v) is 7.39. The van der Waals surface area contributed by atoms with E-state index < -0.39 is 0 Å². The SMILES string of the molecule is N#CCC(=O)N1CC[C@]23CCN(c4ncnc5[nH]ccc45)[C@H]2CC[C@H]13. The molecule has 3 atom stereocenters. The molecular weight excluding hydrogens is 316 g/mol. The lowest BCUT2D eigenvalue weighted by atomic mass is 9.79. The van der Waals surface area contributed by atoms with Gasteiger partial charge in [0.05, 0.1) is 11.5 Å². The number of nitriles is 1. The van der Waals surface area contributed by atoms with E-state index in [-0.39, 0.29) is 23.8 Å². The van der Waals surface area contributed by atoms with Crippen molar-refractivity contribution < 1.29 is 4.79 Å². The van der Waals surface area contributed by atoms with E-state index >= 15 is 0 Å². The first-order valence-corrected chi connectivity index (χ1v) is 8.96. The lowest BCUT2D eigenvalue weighted by Gasteiger charge is -2.33. The zero-order valence-corrected chi connectivity index (χ0v) is 14.0. The minimum absolute atomic E-state index is 0.00136. The third-order valence-corrected chi connectivity index (χ3v) is 6.59. The van der Waals surface area contributed by atoms with Crippen LogP contribution in [0.3, 0.4) is 0 Å². The van der Waals surface area contributed by atoms with Crippen molar-refractivity contribution in [3.05, 3.63) is 18.6 Å². The van der Waals surface area contributed by atoms with Crippen LogP contribution in [0.1, 0.15) is 32.1 Å². The molecule has 0 radical (unpaired) electrons. The highest BCUT2D eigenvalue weighted by atomic mass is 16.2. The van der Waals surface area contributed by atoms with Gasteiger partial charge in [0, 0.05) is 36.8 Å². The fraction of sp³-hybridized carbons (Fsp3) is 0.556. The van der Waals surface area contributed by atoms with Crippen molar-refractivity contribution in [2.45, 2.75) is 44.2 Å². The van der Waals surface area contributed by atoms with Gasteiger partial charge in [0.2, 0.25) is 5.91 Å². The number of carbonyl (C=O) groups excluding carboxylic acids is 1. The van der Waals surface area contributed by atoms with Gasteiger partial charge >= 0.3 is 0 Å². The first-order valence-electron chi connectivity index (χ1n) is 8.96. The van der Waals surface area contributed by atoms with E-state index in [1.54, 1.807) is 6.33 Å². The molecular formula is C18H20N6O. The Kier molecular flexibility index (Phi) is 3.05. The van der Waals surface area contributed by atoms with Crippen molar-refractivity contribution in [1.82, 2.24) is 19.9 Å². The molecule has 1 amide bonds. The summed E-state index contributed by atoms with van der Waals surface area (Å²) in [6.07, 6.45) is 7.77. The van der Waals surface area contributed by atoms with E-state index in [1.807, 2.05) is 23.2 Å². The van der Waals surface area contributed by atoms with Crippen LogP contribution in [0, 0.1) is 16.7 Å². The van der Waals surface area contributed by atoms with Gasteiger partial charge in [-0.05, 0) is 31.7 Å². The number of likely N-dealkylation sites (tertiary alicyclic amines) is 1. The van der Waals surface area contributed by atoms with Gasteiger partial charge in [-0.1, -0.05) is 0 Å². The van der Waals surface area contributed by atoms with Gasteiger partial charge in [0.25, 0.3) is 0 Å². The van der Waals surface area contributed by atoms with Gasteiger partial charge in [-0.25, -0.2) is 9.97 Å². The number of aromatic amines is 1. The van der Waals surface area contributed by atoms with Crippen molar-refractivity contribution in [3.63, 3.8) is 0 Å². The monoisotopic (exact) mass is 336 g/mol. The molecule has 0 bridgehead atoms. The Morgan fingerprint density at radius 3 is 3.04 bits per heavy atom. The van der Waals surface area contributed by atoms with Crippen LogP contribution in [0.2, 0.25) is 0 Å². The van der Waals surface area contributed by atoms with E-state index in [1.165, 1.54) is 0 Å². The molecule has 3 fully saturated rings. The third kappa shape index (κ3) is 1.88. The minimum Gasteiger partial charge on any atom is -0.352 e. The lowest BCUT2D eigenvalue weighted by molar-refractivity contribution is -0.131. The number of anilines is 1. The standard InChI is InChI=1S/C18H20N6O/c19-7-3-15(25)23-9-5-18-6-10-24(14(18)2-1-13(18)23)17-12-4-8-20-16(12)21-11-22-17/h4,8,11,13-14H,1-3,5-6,9-10H2,(H,20,21,22)/t13-,14-,18+/m0/s1. The molecule has 5 rings (SSSR count). The number of nitrogens with one attached hydrogen (secondary N) is 1. The maximum Gasteiger partial charge on any atom is 0.237 e. The van der Waals surface area contributed by atoms with Crippen molar-refractivity contribution >= 4 is 22.8 Å². The Hall–Kier alpha value is -2.62. The number of nitrogens with zero attached hydrogens (tertiary/aromatic N) is 5. The quantitative estimate of drug-likeness (QED) is 0.904. The molecule has 2 aromatic heterocycles. The van der Waals surface area contributed by atoms with E-state index in [4.69, 9.17) is 5.26 Å². The largest absolute Gasteiger partial charge is 0.352 e. The molecule has 25 heavy (non-hydrogen) atoms. The van der Waals surface area contributed by atoms with Crippen molar-refractivity contribution in [2.24, 2.45) is 5.41 Å². The third-order valence-electron chi connectivity index (χ3n) is 6.59. The van der Waals surface area contributed by atoms with E-state index in [0.717, 1.165) is 55.6 Å². The molecule has 1 N–H and O–H groups in total. The molecule has 0 unspecified atom stereocenters. The zero-order chi connectivity index (χ0) is 17.0. The molecule has 2 saturated heterocycles. The number of H-pyrrole nitrogens is 1. The van der Waals surface area contributed by atoms with Crippen LogP contribution in [0.25, 0.3) is 11.0 Å². The summed E-state index contributed by atoms with van der Waals surface area (Å²) in [4.78, 5) is 28.8. The summed E-state index contributed by atoms with van der Waals surface area (Å²) >= 11 is 0. The molecule has 128 valence electrons. The summed E-state index contributed by atoms with van der Waals surface area (Å²) in [5.41, 5.74) is 1.04. The highest BCUT2D eigenvalue weighted by Gasteiger charge is 2.61. The Morgan fingerprint density at radius 1 is 1.32 bits per heavy atom. The van der Waals surface area contributed by atoms with Crippen LogP contribution in [-0.2, 0) is 4.79 Å². The fourth-order valence-electron chi connectivity index (χ4n) is 5.61. The first-order chi connectivity index (χ1) is 12.2. The van der Waals surface area contributed by atoms with Gasteiger partial charge in [0.1, 0.15) is 24.2 Å². The number of amides is 1. The summed E-state index contributed by atoms with van der Waals surface area (Å²) < 4.78 is 0. The Balaban J connectivity index is 1.49. The summed E-state index contributed by atoms with van der Waals surface area (Å²) in [7, 11) is 0. The number of aromatic nitrogens is 3. The summed E-state index contributed by atoms with van der Waals surface area (Å²) in [6, 6.07) is 4.76. The van der Waals surface area contributed by atoms with Crippen LogP contribution < -0.4 is 4.90 Å². The molecule has 0 aromatic carbocycles. The number of hydrogen-bond acceptors (Lipinski definition) is 5. The van der Waals surface area contributed by atoms with Crippen LogP contribution in [0.5, 0.6) is 0 Å². The molecule has 2 aromatic rings. The summed E-state index contributed by atoms with van der Waals surface area (Å²) in [5, 5.41) is 9.94. The normalized spacial score (nSPS) is 30.5. The second-order valence-electron chi connectivity index (χ2n) is 7.39. The highest BCUT2D eigenvalue weighted by molar-refractivity contribution is 5.87. The first kappa shape index (κ1) is 14.7. The Bertz CT molecular complexity index is 885. The smallest absolute Gasteiger partial charge is 0.237 e. The minimum atomic E-state index is -0.00313. The Morgan fingerprint density at radius 2 is 2.16 bits per heavy atom. The predicted octanol–water partition coefficient (Wildman–Crippen LogP) is 1.83. The molecule has 4 heterocycles. The maximum absolute atomic E-state index is 12.3. The molecule has 7 nitrogen and oxygen atoms in total. The fourth-order valence-corrected chi connectivity index (χ4v) is 5.61. The maximum atomic E-state index is 12.3. The molecule has 1 aliphatic carbocycles. The lowest BCUT2D eigenvalue weighted by Crippen LogP contribution is -2.43. The van der Waals surface area contributed by atoms with Crippen molar-refractivity contribution in [2.75, 3.05) is 18.0 Å². The van der Waals surface area contributed by atoms with E-state index in [9.17, 15) is 4.79 Å². The van der Waals surface area contributed by atoms with E-state index in [2.05, 4.69) is 19.9 Å². The summed E-state index contributed by atoms with van der Waals surface area (Å²) in [6.45, 7) is 1.76.